The zero-order valence-corrected chi connectivity index (χ0v) is 17.1. The Kier molecular flexibility index (Phi) is 6.47. The Balaban J connectivity index is 1.47. The molecule has 1 saturated heterocycles. The van der Waals surface area contributed by atoms with Gasteiger partial charge < -0.3 is 14.5 Å². The molecule has 1 aromatic heterocycles. The minimum Gasteiger partial charge on any atom is -0.451 e. The lowest BCUT2D eigenvalue weighted by atomic mass is 10.0. The molecule has 7 heteroatoms. The first kappa shape index (κ1) is 20.6. The maximum Gasteiger partial charge on any atom is 0.287 e. The van der Waals surface area contributed by atoms with Crippen molar-refractivity contribution >= 4 is 17.5 Å². The predicted molar refractivity (Wildman–Crippen MR) is 113 cm³/mol. The second kappa shape index (κ2) is 9.43. The van der Waals surface area contributed by atoms with Gasteiger partial charge in [0.25, 0.3) is 5.91 Å². The highest BCUT2D eigenvalue weighted by Gasteiger charge is 2.24. The second-order valence-corrected chi connectivity index (χ2v) is 7.48. The summed E-state index contributed by atoms with van der Waals surface area (Å²) in [5, 5.41) is 3.50. The minimum absolute atomic E-state index is 0.0866. The number of ether oxygens (including phenoxy) is 1. The van der Waals surface area contributed by atoms with Gasteiger partial charge in [-0.2, -0.15) is 0 Å². The monoisotopic (exact) mass is 428 g/mol. The van der Waals surface area contributed by atoms with Gasteiger partial charge in [0.1, 0.15) is 11.6 Å². The number of hydrogen-bond acceptors (Lipinski definition) is 4. The number of nitrogens with zero attached hydrogens (tertiary/aromatic N) is 1. The molecule has 3 aromatic rings. The van der Waals surface area contributed by atoms with E-state index in [-0.39, 0.29) is 23.5 Å². The van der Waals surface area contributed by atoms with E-state index in [1.54, 1.807) is 30.3 Å². The van der Waals surface area contributed by atoms with Gasteiger partial charge in [0.05, 0.1) is 24.3 Å². The summed E-state index contributed by atoms with van der Waals surface area (Å²) in [4.78, 5) is 14.9. The molecule has 1 amide bonds. The molecule has 156 valence electrons. The van der Waals surface area contributed by atoms with Gasteiger partial charge in [-0.25, -0.2) is 4.39 Å². The first-order valence-electron chi connectivity index (χ1n) is 9.82. The molecular formula is C23H22ClFN2O3. The van der Waals surface area contributed by atoms with Crippen LogP contribution in [0.25, 0.3) is 11.3 Å². The number of morpholine rings is 1. The quantitative estimate of drug-likeness (QED) is 0.626. The number of carbonyl (C=O) groups excluding carboxylic acids is 1. The summed E-state index contributed by atoms with van der Waals surface area (Å²) in [6.07, 6.45) is 0. The average Bonchev–Trinajstić information content (AvgIpc) is 3.26. The molecular weight excluding hydrogens is 407 g/mol. The SMILES string of the molecule is O=C(NCC(c1ccc(F)cc1)N1CCOCC1)c1ccc(-c2ccccc2Cl)o1. The standard InChI is InChI=1S/C23H22ClFN2O3/c24-19-4-2-1-3-18(19)21-9-10-22(30-21)23(28)26-15-20(27-11-13-29-14-12-27)16-5-7-17(25)8-6-16/h1-10,20H,11-15H2,(H,26,28). The molecule has 1 fully saturated rings. The van der Waals surface area contributed by atoms with Crippen molar-refractivity contribution in [3.63, 3.8) is 0 Å². The van der Waals surface area contributed by atoms with E-state index in [2.05, 4.69) is 10.2 Å². The maximum absolute atomic E-state index is 13.4. The van der Waals surface area contributed by atoms with Gasteiger partial charge >= 0.3 is 0 Å². The highest BCUT2D eigenvalue weighted by molar-refractivity contribution is 6.33. The first-order chi connectivity index (χ1) is 14.6. The number of rotatable bonds is 6. The van der Waals surface area contributed by atoms with E-state index in [1.807, 2.05) is 18.2 Å². The summed E-state index contributed by atoms with van der Waals surface area (Å²) >= 11 is 6.21. The van der Waals surface area contributed by atoms with Crippen molar-refractivity contribution in [2.45, 2.75) is 6.04 Å². The Labute approximate surface area is 179 Å². The molecule has 0 radical (unpaired) electrons. The number of halogens is 2. The van der Waals surface area contributed by atoms with Gasteiger partial charge in [0, 0.05) is 25.2 Å². The van der Waals surface area contributed by atoms with Gasteiger partial charge in [-0.15, -0.1) is 0 Å². The molecule has 30 heavy (non-hydrogen) atoms. The van der Waals surface area contributed by atoms with E-state index < -0.39 is 0 Å². The molecule has 2 aromatic carbocycles. The summed E-state index contributed by atoms with van der Waals surface area (Å²) in [7, 11) is 0. The third-order valence-corrected chi connectivity index (χ3v) is 5.50. The van der Waals surface area contributed by atoms with Crippen LogP contribution in [0, 0.1) is 5.82 Å². The molecule has 2 heterocycles. The zero-order valence-electron chi connectivity index (χ0n) is 16.3. The Bertz CT molecular complexity index is 1000. The highest BCUT2D eigenvalue weighted by atomic mass is 35.5. The van der Waals surface area contributed by atoms with E-state index in [9.17, 15) is 9.18 Å². The topological polar surface area (TPSA) is 54.7 Å². The Morgan fingerprint density at radius 1 is 1.07 bits per heavy atom. The number of nitrogens with one attached hydrogen (secondary N) is 1. The largest absolute Gasteiger partial charge is 0.451 e. The van der Waals surface area contributed by atoms with Gasteiger partial charge in [0.2, 0.25) is 0 Å². The van der Waals surface area contributed by atoms with Crippen molar-refractivity contribution in [3.8, 4) is 11.3 Å². The van der Waals surface area contributed by atoms with Crippen LogP contribution in [0.1, 0.15) is 22.2 Å². The lowest BCUT2D eigenvalue weighted by Crippen LogP contribution is -2.43. The third kappa shape index (κ3) is 4.73. The van der Waals surface area contributed by atoms with Crippen LogP contribution in [0.5, 0.6) is 0 Å². The summed E-state index contributed by atoms with van der Waals surface area (Å²) < 4.78 is 24.5. The summed E-state index contributed by atoms with van der Waals surface area (Å²) in [6.45, 7) is 3.12. The summed E-state index contributed by atoms with van der Waals surface area (Å²) in [5.41, 5.74) is 1.67. The van der Waals surface area contributed by atoms with E-state index in [0.29, 0.717) is 30.5 Å². The average molecular weight is 429 g/mol. The van der Waals surface area contributed by atoms with Crippen LogP contribution in [0.3, 0.4) is 0 Å². The Morgan fingerprint density at radius 2 is 1.80 bits per heavy atom. The van der Waals surface area contributed by atoms with E-state index in [1.165, 1.54) is 12.1 Å². The molecule has 0 bridgehead atoms. The molecule has 1 unspecified atom stereocenters. The molecule has 1 aliphatic heterocycles. The van der Waals surface area contributed by atoms with Crippen molar-refractivity contribution in [2.24, 2.45) is 0 Å². The fourth-order valence-corrected chi connectivity index (χ4v) is 3.80. The second-order valence-electron chi connectivity index (χ2n) is 7.07. The smallest absolute Gasteiger partial charge is 0.287 e. The van der Waals surface area contributed by atoms with Crippen molar-refractivity contribution in [3.05, 3.63) is 82.8 Å². The molecule has 0 spiro atoms. The van der Waals surface area contributed by atoms with Crippen LogP contribution < -0.4 is 5.32 Å². The highest BCUT2D eigenvalue weighted by Crippen LogP contribution is 2.29. The van der Waals surface area contributed by atoms with Crippen molar-refractivity contribution in [1.29, 1.82) is 0 Å². The first-order valence-corrected chi connectivity index (χ1v) is 10.2. The van der Waals surface area contributed by atoms with Crippen molar-refractivity contribution in [1.82, 2.24) is 10.2 Å². The minimum atomic E-state index is -0.311. The predicted octanol–water partition coefficient (Wildman–Crippen LogP) is 4.54. The zero-order chi connectivity index (χ0) is 20.9. The van der Waals surface area contributed by atoms with Crippen LogP contribution in [0.2, 0.25) is 5.02 Å². The van der Waals surface area contributed by atoms with Crippen LogP contribution in [0.15, 0.2) is 65.1 Å². The fraction of sp³-hybridized carbons (Fsp3) is 0.261. The van der Waals surface area contributed by atoms with Gasteiger partial charge in [0.15, 0.2) is 5.76 Å². The molecule has 0 aliphatic carbocycles. The van der Waals surface area contributed by atoms with Crippen LogP contribution in [-0.4, -0.2) is 43.7 Å². The normalized spacial score (nSPS) is 15.7. The van der Waals surface area contributed by atoms with Crippen LogP contribution in [-0.2, 0) is 4.74 Å². The van der Waals surface area contributed by atoms with Crippen LogP contribution >= 0.6 is 11.6 Å². The Hall–Kier alpha value is -2.67. The van der Waals surface area contributed by atoms with Crippen molar-refractivity contribution < 1.29 is 18.3 Å². The van der Waals surface area contributed by atoms with Gasteiger partial charge in [-0.3, -0.25) is 9.69 Å². The number of hydrogen-bond donors (Lipinski definition) is 1. The summed E-state index contributed by atoms with van der Waals surface area (Å²) in [6, 6.07) is 17.0. The van der Waals surface area contributed by atoms with E-state index >= 15 is 0 Å². The lowest BCUT2D eigenvalue weighted by Gasteiger charge is -2.34. The molecule has 1 atom stereocenters. The Morgan fingerprint density at radius 3 is 2.53 bits per heavy atom. The van der Waals surface area contributed by atoms with Gasteiger partial charge in [-0.05, 0) is 42.0 Å². The molecule has 0 saturated carbocycles. The number of furan rings is 1. The van der Waals surface area contributed by atoms with Crippen LogP contribution in [0.4, 0.5) is 4.39 Å². The molecule has 5 nitrogen and oxygen atoms in total. The lowest BCUT2D eigenvalue weighted by molar-refractivity contribution is 0.0161. The number of amides is 1. The number of benzene rings is 2. The van der Waals surface area contributed by atoms with E-state index in [0.717, 1.165) is 24.2 Å². The fourth-order valence-electron chi connectivity index (χ4n) is 3.57. The maximum atomic E-state index is 13.4. The molecule has 1 aliphatic rings. The van der Waals surface area contributed by atoms with Gasteiger partial charge in [-0.1, -0.05) is 35.9 Å². The molecule has 4 rings (SSSR count). The summed E-state index contributed by atoms with van der Waals surface area (Å²) in [5.74, 6) is 0.152. The number of carbonyl (C=O) groups is 1. The third-order valence-electron chi connectivity index (χ3n) is 5.17. The van der Waals surface area contributed by atoms with Crippen molar-refractivity contribution in [2.75, 3.05) is 32.8 Å². The molecule has 1 N–H and O–H groups in total. The van der Waals surface area contributed by atoms with E-state index in [4.69, 9.17) is 20.8 Å².